The number of aromatic hydroxyl groups is 1. The molecule has 5 rings (SSSR count). The third-order valence-corrected chi connectivity index (χ3v) is 8.73. The zero-order valence-electron chi connectivity index (χ0n) is 21.4. The number of phenolic OH excluding ortho intramolecular Hbond substituents is 1. The van der Waals surface area contributed by atoms with Gasteiger partial charge >= 0.3 is 0 Å². The monoisotopic (exact) mass is 490 g/mol. The second-order valence-electron chi connectivity index (χ2n) is 11.0. The minimum atomic E-state index is -0.884. The Balaban J connectivity index is 1.37. The molecule has 2 aliphatic carbocycles. The molecule has 6 nitrogen and oxygen atoms in total. The van der Waals surface area contributed by atoms with Crippen molar-refractivity contribution in [2.75, 3.05) is 33.8 Å². The Morgan fingerprint density at radius 1 is 1.17 bits per heavy atom. The van der Waals surface area contributed by atoms with Crippen molar-refractivity contribution in [3.63, 3.8) is 0 Å². The molecule has 2 aromatic rings. The topological polar surface area (TPSA) is 73.2 Å². The zero-order valence-corrected chi connectivity index (χ0v) is 21.4. The lowest BCUT2D eigenvalue weighted by atomic mass is 9.55. The summed E-state index contributed by atoms with van der Waals surface area (Å²) in [5.74, 6) is 1.70. The molecule has 3 unspecified atom stereocenters. The highest BCUT2D eigenvalue weighted by Gasteiger charge is 2.58. The summed E-state index contributed by atoms with van der Waals surface area (Å²) in [6.07, 6.45) is 8.92. The van der Waals surface area contributed by atoms with Crippen LogP contribution in [0.4, 0.5) is 0 Å². The fourth-order valence-electron chi connectivity index (χ4n) is 6.40. The van der Waals surface area contributed by atoms with Crippen LogP contribution in [0.5, 0.6) is 11.5 Å². The number of β-amino-alcohol motifs (C(OH)–C–C–N with tert-alkyl or cyclic N) is 1. The summed E-state index contributed by atoms with van der Waals surface area (Å²) >= 11 is 0. The SMILES string of the molecule is COc1cccc(/C=C/C(=O)N(C)C2CCC3(O)CN(CC4CC4)CCC3(c3cccc(O)c3)C2)c1. The maximum Gasteiger partial charge on any atom is 0.246 e. The Hall–Kier alpha value is -2.83. The maximum absolute atomic E-state index is 13.2. The summed E-state index contributed by atoms with van der Waals surface area (Å²) in [5, 5.41) is 22.5. The summed E-state index contributed by atoms with van der Waals surface area (Å²) in [7, 11) is 3.50. The van der Waals surface area contributed by atoms with Gasteiger partial charge in [-0.25, -0.2) is 0 Å². The van der Waals surface area contributed by atoms with E-state index in [1.54, 1.807) is 19.3 Å². The quantitative estimate of drug-likeness (QED) is 0.569. The fourth-order valence-corrected chi connectivity index (χ4v) is 6.40. The van der Waals surface area contributed by atoms with Crippen molar-refractivity contribution in [3.8, 4) is 11.5 Å². The van der Waals surface area contributed by atoms with Gasteiger partial charge in [-0.2, -0.15) is 0 Å². The predicted octanol–water partition coefficient (Wildman–Crippen LogP) is 4.21. The lowest BCUT2D eigenvalue weighted by Crippen LogP contribution is -2.67. The minimum absolute atomic E-state index is 0.00469. The number of amides is 1. The molecule has 2 N–H and O–H groups in total. The molecule has 2 aromatic carbocycles. The standard InChI is InChI=1S/C30H38N2O4/c1-31(28(34)12-11-22-5-3-8-27(17-22)36-2)25-13-14-30(35)21-32(20-23-9-10-23)16-15-29(30,19-25)24-6-4-7-26(33)18-24/h3-8,11-12,17-18,23,25,33,35H,9-10,13-16,19-21H2,1-2H3/b12-11+. The van der Waals surface area contributed by atoms with E-state index in [4.69, 9.17) is 4.74 Å². The molecule has 3 atom stereocenters. The van der Waals surface area contributed by atoms with Gasteiger partial charge in [-0.15, -0.1) is 0 Å². The summed E-state index contributed by atoms with van der Waals surface area (Å²) in [6.45, 7) is 2.64. The van der Waals surface area contributed by atoms with Gasteiger partial charge in [0.1, 0.15) is 11.5 Å². The van der Waals surface area contributed by atoms with E-state index in [1.165, 1.54) is 12.8 Å². The largest absolute Gasteiger partial charge is 0.508 e. The van der Waals surface area contributed by atoms with E-state index >= 15 is 0 Å². The van der Waals surface area contributed by atoms with Crippen LogP contribution in [0.2, 0.25) is 0 Å². The lowest BCUT2D eigenvalue weighted by molar-refractivity contribution is -0.144. The van der Waals surface area contributed by atoms with E-state index in [0.29, 0.717) is 19.4 Å². The van der Waals surface area contributed by atoms with Crippen molar-refractivity contribution in [3.05, 3.63) is 65.7 Å². The number of carbonyl (C=O) groups is 1. The number of benzene rings is 2. The Labute approximate surface area is 214 Å². The first-order valence-electron chi connectivity index (χ1n) is 13.2. The number of hydrogen-bond acceptors (Lipinski definition) is 5. The molecule has 0 spiro atoms. The normalized spacial score (nSPS) is 28.6. The van der Waals surface area contributed by atoms with E-state index in [9.17, 15) is 15.0 Å². The first-order valence-corrected chi connectivity index (χ1v) is 13.2. The molecule has 0 radical (unpaired) electrons. The molecule has 36 heavy (non-hydrogen) atoms. The molecule has 0 bridgehead atoms. The van der Waals surface area contributed by atoms with E-state index in [-0.39, 0.29) is 17.7 Å². The van der Waals surface area contributed by atoms with Gasteiger partial charge in [0.2, 0.25) is 5.91 Å². The molecule has 6 heteroatoms. The molecule has 3 aliphatic rings. The number of aliphatic hydroxyl groups is 1. The number of likely N-dealkylation sites (tertiary alicyclic amines) is 1. The molecule has 192 valence electrons. The van der Waals surface area contributed by atoms with Gasteiger partial charge in [-0.3, -0.25) is 4.79 Å². The highest BCUT2D eigenvalue weighted by molar-refractivity contribution is 5.91. The summed E-state index contributed by atoms with van der Waals surface area (Å²) in [4.78, 5) is 17.4. The van der Waals surface area contributed by atoms with Crippen LogP contribution in [0, 0.1) is 5.92 Å². The van der Waals surface area contributed by atoms with Crippen LogP contribution in [0.1, 0.15) is 49.7 Å². The summed E-state index contributed by atoms with van der Waals surface area (Å²) in [6, 6.07) is 15.0. The van der Waals surface area contributed by atoms with E-state index in [2.05, 4.69) is 4.90 Å². The molecule has 1 amide bonds. The van der Waals surface area contributed by atoms with Crippen LogP contribution in [-0.2, 0) is 10.2 Å². The number of hydrogen-bond donors (Lipinski definition) is 2. The van der Waals surface area contributed by atoms with Crippen molar-refractivity contribution in [2.24, 2.45) is 5.92 Å². The van der Waals surface area contributed by atoms with Crippen molar-refractivity contribution in [1.29, 1.82) is 0 Å². The number of piperidine rings is 1. The van der Waals surface area contributed by atoms with Crippen LogP contribution >= 0.6 is 0 Å². The third-order valence-electron chi connectivity index (χ3n) is 8.73. The van der Waals surface area contributed by atoms with Gasteiger partial charge in [0.05, 0.1) is 12.7 Å². The van der Waals surface area contributed by atoms with E-state index < -0.39 is 11.0 Å². The second kappa shape index (κ2) is 9.91. The van der Waals surface area contributed by atoms with Crippen LogP contribution < -0.4 is 4.74 Å². The Morgan fingerprint density at radius 3 is 2.72 bits per heavy atom. The minimum Gasteiger partial charge on any atom is -0.508 e. The number of likely N-dealkylation sites (N-methyl/N-ethyl adjacent to an activating group) is 1. The number of rotatable bonds is 7. The molecular formula is C30H38N2O4. The molecule has 1 heterocycles. The third kappa shape index (κ3) is 4.89. The number of ether oxygens (including phenoxy) is 1. The van der Waals surface area contributed by atoms with E-state index in [0.717, 1.165) is 48.7 Å². The van der Waals surface area contributed by atoms with Gasteiger partial charge in [-0.05, 0) is 92.5 Å². The number of carbonyl (C=O) groups excluding carboxylic acids is 1. The average molecular weight is 491 g/mol. The molecule has 3 fully saturated rings. The highest BCUT2D eigenvalue weighted by Crippen LogP contribution is 2.53. The van der Waals surface area contributed by atoms with Gasteiger partial charge in [-0.1, -0.05) is 24.3 Å². The van der Waals surface area contributed by atoms with Gasteiger partial charge < -0.3 is 24.7 Å². The van der Waals surface area contributed by atoms with Crippen LogP contribution in [0.15, 0.2) is 54.6 Å². The van der Waals surface area contributed by atoms with Gasteiger partial charge in [0.15, 0.2) is 0 Å². The molecule has 1 aliphatic heterocycles. The Bertz CT molecular complexity index is 1130. The smallest absolute Gasteiger partial charge is 0.246 e. The van der Waals surface area contributed by atoms with Gasteiger partial charge in [0.25, 0.3) is 0 Å². The summed E-state index contributed by atoms with van der Waals surface area (Å²) in [5.41, 5.74) is 0.506. The molecule has 0 aromatic heterocycles. The number of nitrogens with zero attached hydrogens (tertiary/aromatic N) is 2. The van der Waals surface area contributed by atoms with Crippen LogP contribution in [-0.4, -0.2) is 71.4 Å². The van der Waals surface area contributed by atoms with Crippen molar-refractivity contribution < 1.29 is 19.7 Å². The zero-order chi connectivity index (χ0) is 25.3. The Morgan fingerprint density at radius 2 is 1.97 bits per heavy atom. The first kappa shape index (κ1) is 24.8. The van der Waals surface area contributed by atoms with Crippen LogP contribution in [0.25, 0.3) is 6.08 Å². The average Bonchev–Trinajstić information content (AvgIpc) is 3.70. The van der Waals surface area contributed by atoms with Gasteiger partial charge in [0, 0.05) is 37.7 Å². The first-order chi connectivity index (χ1) is 17.3. The predicted molar refractivity (Wildman–Crippen MR) is 141 cm³/mol. The van der Waals surface area contributed by atoms with Crippen LogP contribution in [0.3, 0.4) is 0 Å². The second-order valence-corrected chi connectivity index (χ2v) is 11.0. The Kier molecular flexibility index (Phi) is 6.84. The van der Waals surface area contributed by atoms with Crippen molar-refractivity contribution >= 4 is 12.0 Å². The highest BCUT2D eigenvalue weighted by atomic mass is 16.5. The van der Waals surface area contributed by atoms with Crippen molar-refractivity contribution in [1.82, 2.24) is 9.80 Å². The number of methoxy groups -OCH3 is 1. The number of fused-ring (bicyclic) bond motifs is 1. The molecule has 2 saturated carbocycles. The number of phenols is 1. The maximum atomic E-state index is 13.2. The van der Waals surface area contributed by atoms with E-state index in [1.807, 2.05) is 60.5 Å². The lowest BCUT2D eigenvalue weighted by Gasteiger charge is -2.59. The summed E-state index contributed by atoms with van der Waals surface area (Å²) < 4.78 is 5.28. The molecule has 1 saturated heterocycles. The van der Waals surface area contributed by atoms with Crippen molar-refractivity contribution in [2.45, 2.75) is 55.6 Å². The molecular weight excluding hydrogens is 452 g/mol. The fraction of sp³-hybridized carbons (Fsp3) is 0.500.